The highest BCUT2D eigenvalue weighted by Gasteiger charge is 2.14. The van der Waals surface area contributed by atoms with Crippen LogP contribution in [0.25, 0.3) is 0 Å². The first-order valence-electron chi connectivity index (χ1n) is 6.19. The molecule has 0 heterocycles. The third kappa shape index (κ3) is 3.91. The zero-order chi connectivity index (χ0) is 13.7. The lowest BCUT2D eigenvalue weighted by atomic mass is 10.1. The first-order chi connectivity index (χ1) is 8.45. The maximum absolute atomic E-state index is 10.7. The molecule has 0 aliphatic carbocycles. The van der Waals surface area contributed by atoms with Crippen molar-refractivity contribution in [3.63, 3.8) is 0 Å². The molecule has 1 N–H and O–H groups in total. The second kappa shape index (κ2) is 6.64. The maximum Gasteiger partial charge on any atom is 0.305 e. The molecule has 0 spiro atoms. The molecule has 0 amide bonds. The molecule has 1 aromatic carbocycles. The molecule has 0 aliphatic rings. The van der Waals surface area contributed by atoms with E-state index in [4.69, 9.17) is 16.7 Å². The van der Waals surface area contributed by atoms with Gasteiger partial charge in [0.15, 0.2) is 0 Å². The monoisotopic (exact) mass is 269 g/mol. The number of rotatable bonds is 6. The summed E-state index contributed by atoms with van der Waals surface area (Å²) >= 11 is 6.29. The maximum atomic E-state index is 10.7. The standard InChI is InChI=1S/C14H20ClNO2/c1-4-6-16(7-5-13(17)18)14-11(3)8-10(2)9-12(14)15/h8-9H,4-7H2,1-3H3,(H,17,18). The van der Waals surface area contributed by atoms with Crippen LogP contribution in [0, 0.1) is 13.8 Å². The van der Waals surface area contributed by atoms with Crippen LogP contribution in [0.5, 0.6) is 0 Å². The average Bonchev–Trinajstić information content (AvgIpc) is 2.24. The number of carbonyl (C=O) groups is 1. The number of carboxylic acids is 1. The fourth-order valence-corrected chi connectivity index (χ4v) is 2.59. The molecule has 4 heteroatoms. The van der Waals surface area contributed by atoms with E-state index in [1.807, 2.05) is 19.9 Å². The normalized spacial score (nSPS) is 10.4. The molecule has 0 unspecified atom stereocenters. The van der Waals surface area contributed by atoms with Gasteiger partial charge in [0, 0.05) is 13.1 Å². The van der Waals surface area contributed by atoms with Crippen molar-refractivity contribution < 1.29 is 9.90 Å². The van der Waals surface area contributed by atoms with Gasteiger partial charge in [-0.2, -0.15) is 0 Å². The van der Waals surface area contributed by atoms with E-state index >= 15 is 0 Å². The smallest absolute Gasteiger partial charge is 0.305 e. The zero-order valence-corrected chi connectivity index (χ0v) is 11.9. The summed E-state index contributed by atoms with van der Waals surface area (Å²) in [7, 11) is 0. The van der Waals surface area contributed by atoms with Crippen LogP contribution in [0.15, 0.2) is 12.1 Å². The van der Waals surface area contributed by atoms with Gasteiger partial charge in [-0.1, -0.05) is 24.6 Å². The van der Waals surface area contributed by atoms with Gasteiger partial charge in [-0.15, -0.1) is 0 Å². The fourth-order valence-electron chi connectivity index (χ4n) is 2.14. The van der Waals surface area contributed by atoms with E-state index in [1.165, 1.54) is 0 Å². The van der Waals surface area contributed by atoms with Crippen LogP contribution >= 0.6 is 11.6 Å². The third-order valence-corrected chi connectivity index (χ3v) is 3.09. The number of aliphatic carboxylic acids is 1. The number of nitrogens with zero attached hydrogens (tertiary/aromatic N) is 1. The number of hydrogen-bond acceptors (Lipinski definition) is 2. The summed E-state index contributed by atoms with van der Waals surface area (Å²) in [5.41, 5.74) is 3.18. The number of halogens is 1. The minimum absolute atomic E-state index is 0.129. The fraction of sp³-hybridized carbons (Fsp3) is 0.500. The first-order valence-corrected chi connectivity index (χ1v) is 6.57. The minimum Gasteiger partial charge on any atom is -0.481 e. The van der Waals surface area contributed by atoms with Crippen molar-refractivity contribution in [2.45, 2.75) is 33.6 Å². The molecule has 0 saturated carbocycles. The van der Waals surface area contributed by atoms with E-state index in [9.17, 15) is 4.79 Å². The molecule has 18 heavy (non-hydrogen) atoms. The zero-order valence-electron chi connectivity index (χ0n) is 11.2. The van der Waals surface area contributed by atoms with Crippen LogP contribution in [0.2, 0.25) is 5.02 Å². The van der Waals surface area contributed by atoms with Crippen LogP contribution in [0.4, 0.5) is 5.69 Å². The van der Waals surface area contributed by atoms with Crippen LogP contribution < -0.4 is 4.90 Å². The van der Waals surface area contributed by atoms with Crippen LogP contribution in [-0.2, 0) is 4.79 Å². The second-order valence-electron chi connectivity index (χ2n) is 4.54. The molecule has 0 radical (unpaired) electrons. The first kappa shape index (κ1) is 14.8. The van der Waals surface area contributed by atoms with Gasteiger partial charge in [-0.25, -0.2) is 0 Å². The highest BCUT2D eigenvalue weighted by Crippen LogP contribution is 2.31. The lowest BCUT2D eigenvalue weighted by Gasteiger charge is -2.27. The topological polar surface area (TPSA) is 40.5 Å². The van der Waals surface area contributed by atoms with Crippen molar-refractivity contribution in [1.29, 1.82) is 0 Å². The number of carboxylic acid groups (broad SMARTS) is 1. The van der Waals surface area contributed by atoms with Crippen molar-refractivity contribution in [2.75, 3.05) is 18.0 Å². The summed E-state index contributed by atoms with van der Waals surface area (Å²) in [4.78, 5) is 12.8. The summed E-state index contributed by atoms with van der Waals surface area (Å²) in [6, 6.07) is 4.00. The van der Waals surface area contributed by atoms with Crippen molar-refractivity contribution >= 4 is 23.3 Å². The quantitative estimate of drug-likeness (QED) is 0.857. The Bertz CT molecular complexity index is 409. The minimum atomic E-state index is -0.781. The Morgan fingerprint density at radius 1 is 1.33 bits per heavy atom. The molecule has 0 aliphatic heterocycles. The van der Waals surface area contributed by atoms with Crippen LogP contribution in [-0.4, -0.2) is 24.2 Å². The van der Waals surface area contributed by atoms with E-state index < -0.39 is 5.97 Å². The van der Waals surface area contributed by atoms with Gasteiger partial charge in [-0.3, -0.25) is 4.79 Å². The predicted molar refractivity (Wildman–Crippen MR) is 75.7 cm³/mol. The van der Waals surface area contributed by atoms with Crippen LogP contribution in [0.3, 0.4) is 0 Å². The molecule has 3 nitrogen and oxygen atoms in total. The summed E-state index contributed by atoms with van der Waals surface area (Å²) in [6.07, 6.45) is 1.09. The molecule has 1 rings (SSSR count). The molecule has 0 fully saturated rings. The van der Waals surface area contributed by atoms with Gasteiger partial charge in [0.1, 0.15) is 0 Å². The van der Waals surface area contributed by atoms with E-state index in [-0.39, 0.29) is 6.42 Å². The Balaban J connectivity index is 3.01. The Morgan fingerprint density at radius 2 is 2.00 bits per heavy atom. The van der Waals surface area contributed by atoms with Gasteiger partial charge in [0.25, 0.3) is 0 Å². The molecule has 0 aromatic heterocycles. The lowest BCUT2D eigenvalue weighted by molar-refractivity contribution is -0.136. The van der Waals surface area contributed by atoms with Gasteiger partial charge < -0.3 is 10.0 Å². The molecule has 1 aromatic rings. The van der Waals surface area contributed by atoms with E-state index in [1.54, 1.807) is 0 Å². The highest BCUT2D eigenvalue weighted by molar-refractivity contribution is 6.33. The Kier molecular flexibility index (Phi) is 5.48. The van der Waals surface area contributed by atoms with E-state index in [0.717, 1.165) is 29.8 Å². The number of aryl methyl sites for hydroxylation is 2. The largest absolute Gasteiger partial charge is 0.481 e. The predicted octanol–water partition coefficient (Wildman–Crippen LogP) is 3.65. The van der Waals surface area contributed by atoms with Gasteiger partial charge in [0.05, 0.1) is 17.1 Å². The average molecular weight is 270 g/mol. The molecular weight excluding hydrogens is 250 g/mol. The summed E-state index contributed by atoms with van der Waals surface area (Å²) in [5.74, 6) is -0.781. The molecule has 100 valence electrons. The van der Waals surface area contributed by atoms with E-state index in [0.29, 0.717) is 11.6 Å². The highest BCUT2D eigenvalue weighted by atomic mass is 35.5. The molecule has 0 atom stereocenters. The van der Waals surface area contributed by atoms with Crippen molar-refractivity contribution in [3.05, 3.63) is 28.3 Å². The SMILES string of the molecule is CCCN(CCC(=O)O)c1c(C)cc(C)cc1Cl. The summed E-state index contributed by atoms with van der Waals surface area (Å²) < 4.78 is 0. The van der Waals surface area contributed by atoms with Gasteiger partial charge in [-0.05, 0) is 37.5 Å². The third-order valence-electron chi connectivity index (χ3n) is 2.80. The summed E-state index contributed by atoms with van der Waals surface area (Å²) in [6.45, 7) is 7.40. The Labute approximate surface area is 113 Å². The molecular formula is C14H20ClNO2. The summed E-state index contributed by atoms with van der Waals surface area (Å²) in [5, 5.41) is 9.50. The van der Waals surface area contributed by atoms with Crippen molar-refractivity contribution in [3.8, 4) is 0 Å². The van der Waals surface area contributed by atoms with Crippen molar-refractivity contribution in [1.82, 2.24) is 0 Å². The second-order valence-corrected chi connectivity index (χ2v) is 4.95. The molecule has 0 bridgehead atoms. The van der Waals surface area contributed by atoms with Crippen molar-refractivity contribution in [2.24, 2.45) is 0 Å². The van der Waals surface area contributed by atoms with Gasteiger partial charge in [0.2, 0.25) is 0 Å². The number of benzene rings is 1. The Hall–Kier alpha value is -1.22. The molecule has 0 saturated heterocycles. The van der Waals surface area contributed by atoms with E-state index in [2.05, 4.69) is 17.9 Å². The van der Waals surface area contributed by atoms with Crippen LogP contribution in [0.1, 0.15) is 30.9 Å². The lowest BCUT2D eigenvalue weighted by Crippen LogP contribution is -2.28. The number of hydrogen-bond donors (Lipinski definition) is 1. The van der Waals surface area contributed by atoms with Gasteiger partial charge >= 0.3 is 5.97 Å². The Morgan fingerprint density at radius 3 is 2.50 bits per heavy atom. The number of anilines is 1.